The molecule has 192 valence electrons. The molecule has 11 nitrogen and oxygen atoms in total. The molecule has 0 heterocycles. The average Bonchev–Trinajstić information content (AvgIpc) is 2.80. The number of ketones is 2. The van der Waals surface area contributed by atoms with Gasteiger partial charge in [-0.25, -0.2) is 0 Å². The van der Waals surface area contributed by atoms with Crippen LogP contribution >= 0.6 is 0 Å². The zero-order chi connectivity index (χ0) is 26.5. The highest BCUT2D eigenvalue weighted by molar-refractivity contribution is 6.24. The second-order valence-corrected chi connectivity index (χ2v) is 9.48. The van der Waals surface area contributed by atoms with Crippen LogP contribution in [0, 0.1) is 11.8 Å². The maximum absolute atomic E-state index is 13.6. The Kier molecular flexibility index (Phi) is 6.52. The summed E-state index contributed by atoms with van der Waals surface area (Å²) in [5.41, 5.74) is 5.60. The van der Waals surface area contributed by atoms with E-state index in [1.54, 1.807) is 26.2 Å². The third-order valence-electron chi connectivity index (χ3n) is 7.27. The van der Waals surface area contributed by atoms with Gasteiger partial charge in [0.05, 0.1) is 18.2 Å². The van der Waals surface area contributed by atoms with Gasteiger partial charge in [-0.1, -0.05) is 12.1 Å². The van der Waals surface area contributed by atoms with Crippen LogP contribution in [0.2, 0.25) is 0 Å². The molecule has 7 N–H and O–H groups in total. The van der Waals surface area contributed by atoms with Crippen molar-refractivity contribution < 1.29 is 39.6 Å². The van der Waals surface area contributed by atoms with Gasteiger partial charge in [-0.15, -0.1) is 6.58 Å². The van der Waals surface area contributed by atoms with Gasteiger partial charge in [-0.05, 0) is 50.0 Å². The molecule has 0 saturated heterocycles. The molecule has 11 heteroatoms. The van der Waals surface area contributed by atoms with Crippen LogP contribution < -0.4 is 11.2 Å². The molecule has 0 saturated carbocycles. The summed E-state index contributed by atoms with van der Waals surface area (Å²) in [4.78, 5) is 45.6. The zero-order valence-corrected chi connectivity index (χ0v) is 19.9. The SMILES string of the molecule is C=CCONCc1ccc(O)c2c1C[C@H]1C[C@H]3[C@H](N(C)C)C(O)=C(C(N)=O)C(=O)[C@@]3(O)C(O)=C1C2=O. The van der Waals surface area contributed by atoms with Gasteiger partial charge < -0.3 is 26.2 Å². The normalized spacial score (nSPS) is 27.6. The maximum atomic E-state index is 13.6. The third kappa shape index (κ3) is 3.63. The fourth-order valence-electron chi connectivity index (χ4n) is 5.73. The van der Waals surface area contributed by atoms with Gasteiger partial charge in [0.2, 0.25) is 5.78 Å². The van der Waals surface area contributed by atoms with Crippen molar-refractivity contribution in [2.75, 3.05) is 20.7 Å². The Morgan fingerprint density at radius 2 is 2.00 bits per heavy atom. The van der Waals surface area contributed by atoms with Crippen LogP contribution in [0.3, 0.4) is 0 Å². The summed E-state index contributed by atoms with van der Waals surface area (Å²) in [6, 6.07) is 1.97. The number of carbonyl (C=O) groups is 3. The van der Waals surface area contributed by atoms with E-state index in [4.69, 9.17) is 10.6 Å². The predicted molar refractivity (Wildman–Crippen MR) is 127 cm³/mol. The Labute approximate surface area is 207 Å². The molecule has 4 atom stereocenters. The number of primary amides is 1. The first-order valence-electron chi connectivity index (χ1n) is 11.4. The third-order valence-corrected chi connectivity index (χ3v) is 7.27. The molecule has 0 bridgehead atoms. The van der Waals surface area contributed by atoms with Crippen molar-refractivity contribution in [2.24, 2.45) is 17.6 Å². The van der Waals surface area contributed by atoms with Crippen molar-refractivity contribution in [3.8, 4) is 5.75 Å². The number of aliphatic hydroxyl groups is 3. The van der Waals surface area contributed by atoms with E-state index in [9.17, 15) is 34.8 Å². The summed E-state index contributed by atoms with van der Waals surface area (Å²) in [5, 5.41) is 44.2. The van der Waals surface area contributed by atoms with Crippen molar-refractivity contribution in [2.45, 2.75) is 31.0 Å². The minimum atomic E-state index is -2.65. The van der Waals surface area contributed by atoms with Crippen molar-refractivity contribution in [1.29, 1.82) is 0 Å². The highest BCUT2D eigenvalue weighted by Gasteiger charge is 2.63. The minimum Gasteiger partial charge on any atom is -0.510 e. The highest BCUT2D eigenvalue weighted by atomic mass is 16.6. The number of benzene rings is 1. The summed E-state index contributed by atoms with van der Waals surface area (Å²) >= 11 is 0. The molecule has 0 aliphatic heterocycles. The van der Waals surface area contributed by atoms with Crippen molar-refractivity contribution in [3.63, 3.8) is 0 Å². The Morgan fingerprint density at radius 1 is 1.31 bits per heavy atom. The molecule has 3 aliphatic rings. The lowest BCUT2D eigenvalue weighted by Crippen LogP contribution is -2.63. The lowest BCUT2D eigenvalue weighted by atomic mass is 9.58. The molecule has 1 aromatic rings. The number of phenols is 1. The molecule has 36 heavy (non-hydrogen) atoms. The number of carbonyl (C=O) groups excluding carboxylic acids is 3. The maximum Gasteiger partial charge on any atom is 0.255 e. The molecule has 3 aliphatic carbocycles. The number of likely N-dealkylation sites (N-methyl/N-ethyl adjacent to an activating group) is 1. The number of allylic oxidation sites excluding steroid dienone is 1. The molecular weight excluding hydrogens is 470 g/mol. The molecule has 0 aromatic heterocycles. The lowest BCUT2D eigenvalue weighted by molar-refractivity contribution is -0.148. The van der Waals surface area contributed by atoms with E-state index in [1.807, 2.05) is 0 Å². The van der Waals surface area contributed by atoms with Crippen LogP contribution in [0.4, 0.5) is 0 Å². The van der Waals surface area contributed by atoms with Crippen LogP contribution in [-0.2, 0) is 27.4 Å². The molecular formula is C25H29N3O8. The number of hydroxylamine groups is 1. The van der Waals surface area contributed by atoms with Crippen molar-refractivity contribution in [3.05, 3.63) is 64.1 Å². The number of hydrogen-bond donors (Lipinski definition) is 6. The Morgan fingerprint density at radius 3 is 2.61 bits per heavy atom. The van der Waals surface area contributed by atoms with Crippen LogP contribution in [-0.4, -0.2) is 75.1 Å². The second-order valence-electron chi connectivity index (χ2n) is 9.48. The predicted octanol–water partition coefficient (Wildman–Crippen LogP) is 0.328. The second kappa shape index (κ2) is 9.17. The molecule has 0 spiro atoms. The fourth-order valence-corrected chi connectivity index (χ4v) is 5.73. The van der Waals surface area contributed by atoms with Gasteiger partial charge in [0.25, 0.3) is 5.91 Å². The number of nitrogens with zero attached hydrogens (tertiary/aromatic N) is 1. The molecule has 0 radical (unpaired) electrons. The molecule has 1 amide bonds. The molecule has 0 unspecified atom stereocenters. The van der Waals surface area contributed by atoms with Crippen LogP contribution in [0.1, 0.15) is 27.9 Å². The number of hydrogen-bond acceptors (Lipinski definition) is 10. The number of nitrogens with two attached hydrogens (primary N) is 1. The lowest BCUT2D eigenvalue weighted by Gasteiger charge is -2.50. The summed E-state index contributed by atoms with van der Waals surface area (Å²) in [5.74, 6) is -6.76. The molecule has 4 rings (SSSR count). The first-order valence-corrected chi connectivity index (χ1v) is 11.4. The van der Waals surface area contributed by atoms with E-state index in [0.717, 1.165) is 0 Å². The number of nitrogens with one attached hydrogen (secondary N) is 1. The smallest absolute Gasteiger partial charge is 0.255 e. The van der Waals surface area contributed by atoms with Crippen molar-refractivity contribution in [1.82, 2.24) is 10.4 Å². The number of aromatic hydroxyl groups is 1. The Balaban J connectivity index is 1.86. The van der Waals surface area contributed by atoms with E-state index in [1.165, 1.54) is 11.0 Å². The van der Waals surface area contributed by atoms with Crippen LogP contribution in [0.15, 0.2) is 47.5 Å². The first kappa shape index (κ1) is 25.6. The monoisotopic (exact) mass is 499 g/mol. The number of rotatable bonds is 7. The summed E-state index contributed by atoms with van der Waals surface area (Å²) in [7, 11) is 3.16. The fraction of sp³-hybridized carbons (Fsp3) is 0.400. The topological polar surface area (TPSA) is 183 Å². The van der Waals surface area contributed by atoms with E-state index in [-0.39, 0.29) is 42.9 Å². The highest BCUT2D eigenvalue weighted by Crippen LogP contribution is 2.52. The largest absolute Gasteiger partial charge is 0.510 e. The number of aliphatic hydroxyl groups excluding tert-OH is 2. The number of amides is 1. The summed E-state index contributed by atoms with van der Waals surface area (Å²) < 4.78 is 0. The first-order chi connectivity index (χ1) is 17.0. The van der Waals surface area contributed by atoms with E-state index >= 15 is 0 Å². The quantitative estimate of drug-likeness (QED) is 0.132. The van der Waals surface area contributed by atoms with Crippen LogP contribution in [0.25, 0.3) is 0 Å². The Hall–Kier alpha value is -3.51. The zero-order valence-electron chi connectivity index (χ0n) is 19.9. The van der Waals surface area contributed by atoms with E-state index in [0.29, 0.717) is 11.1 Å². The Bertz CT molecular complexity index is 1230. The van der Waals surface area contributed by atoms with Crippen molar-refractivity contribution >= 4 is 17.5 Å². The number of Topliss-reactive ketones (excluding diaryl/α,β-unsaturated/α-hetero) is 2. The minimum absolute atomic E-state index is 0.0290. The average molecular weight is 500 g/mol. The van der Waals surface area contributed by atoms with Gasteiger partial charge in [0.1, 0.15) is 22.8 Å². The van der Waals surface area contributed by atoms with Gasteiger partial charge >= 0.3 is 0 Å². The van der Waals surface area contributed by atoms with E-state index in [2.05, 4.69) is 12.1 Å². The molecule has 0 fully saturated rings. The summed E-state index contributed by atoms with van der Waals surface area (Å²) in [6.07, 6.45) is 1.80. The molecule has 1 aromatic carbocycles. The summed E-state index contributed by atoms with van der Waals surface area (Å²) in [6.45, 7) is 4.04. The van der Waals surface area contributed by atoms with E-state index < -0.39 is 58.0 Å². The number of fused-ring (bicyclic) bond motifs is 3. The van der Waals surface area contributed by atoms with Gasteiger partial charge in [-0.3, -0.25) is 24.1 Å². The van der Waals surface area contributed by atoms with Crippen LogP contribution in [0.5, 0.6) is 5.75 Å². The number of phenolic OH excluding ortho intramolecular Hbond substituents is 1. The van der Waals surface area contributed by atoms with Gasteiger partial charge in [0, 0.05) is 18.0 Å². The van der Waals surface area contributed by atoms with Gasteiger partial charge in [-0.2, -0.15) is 5.48 Å². The van der Waals surface area contributed by atoms with Gasteiger partial charge in [0.15, 0.2) is 11.4 Å². The standard InChI is InChI=1S/C25H29N3O8/c1-4-7-36-27-10-11-5-6-15(29)17-13(11)8-12-9-14-19(28(2)3)21(31)18(24(26)34)23(33)25(14,35)22(32)16(12)20(17)30/h4-6,12,14,19,27,29,31-32,35H,1,7-10H2,2-3H3,(H2,26,34)/t12-,14-,19-,25-/m0/s1.